The highest BCUT2D eigenvalue weighted by atomic mass is 35.5. The number of amides is 1. The highest BCUT2D eigenvalue weighted by molar-refractivity contribution is 7.91. The van der Waals surface area contributed by atoms with Gasteiger partial charge in [-0.2, -0.15) is 0 Å². The molecule has 0 unspecified atom stereocenters. The number of aryl methyl sites for hydroxylation is 1. The fourth-order valence-corrected chi connectivity index (χ4v) is 5.89. The summed E-state index contributed by atoms with van der Waals surface area (Å²) in [7, 11) is -3.23. The van der Waals surface area contributed by atoms with Crippen LogP contribution >= 0.6 is 22.9 Å². The number of fused-ring (bicyclic) bond motifs is 1. The minimum Gasteiger partial charge on any atom is -0.345 e. The van der Waals surface area contributed by atoms with Gasteiger partial charge in [-0.1, -0.05) is 48.1 Å². The standard InChI is InChI=1S/C22H24ClN3O3S2/c1-3-31(28,29)17-7-5-16(6-8-17)14-19(27)25-10-12-26(13-11-25)22-24-20-15(2)4-9-18(23)21(20)30-22/h4-9H,3,10-14H2,1-2H3. The lowest BCUT2D eigenvalue weighted by atomic mass is 10.1. The first kappa shape index (κ1) is 22.0. The summed E-state index contributed by atoms with van der Waals surface area (Å²) in [5.41, 5.74) is 2.87. The van der Waals surface area contributed by atoms with E-state index in [-0.39, 0.29) is 18.1 Å². The van der Waals surface area contributed by atoms with Gasteiger partial charge in [-0.3, -0.25) is 4.79 Å². The molecule has 0 N–H and O–H groups in total. The van der Waals surface area contributed by atoms with Crippen LogP contribution in [-0.4, -0.2) is 56.1 Å². The Balaban J connectivity index is 1.38. The smallest absolute Gasteiger partial charge is 0.227 e. The monoisotopic (exact) mass is 477 g/mol. The minimum absolute atomic E-state index is 0.0499. The second kappa shape index (κ2) is 8.76. The molecule has 1 amide bonds. The molecule has 6 nitrogen and oxygen atoms in total. The molecule has 1 aliphatic rings. The van der Waals surface area contributed by atoms with Gasteiger partial charge in [-0.25, -0.2) is 13.4 Å². The van der Waals surface area contributed by atoms with E-state index in [0.717, 1.165) is 44.6 Å². The molecule has 2 heterocycles. The lowest BCUT2D eigenvalue weighted by Crippen LogP contribution is -2.49. The van der Waals surface area contributed by atoms with Crippen LogP contribution in [0.2, 0.25) is 5.02 Å². The van der Waals surface area contributed by atoms with E-state index in [2.05, 4.69) is 4.90 Å². The third kappa shape index (κ3) is 4.56. The largest absolute Gasteiger partial charge is 0.345 e. The van der Waals surface area contributed by atoms with Crippen molar-refractivity contribution >= 4 is 54.0 Å². The van der Waals surface area contributed by atoms with Crippen LogP contribution in [0.25, 0.3) is 10.2 Å². The Morgan fingerprint density at radius 1 is 1.10 bits per heavy atom. The van der Waals surface area contributed by atoms with E-state index in [4.69, 9.17) is 16.6 Å². The normalized spacial score (nSPS) is 14.9. The highest BCUT2D eigenvalue weighted by Crippen LogP contribution is 2.35. The maximum atomic E-state index is 12.7. The van der Waals surface area contributed by atoms with E-state index in [0.29, 0.717) is 18.0 Å². The zero-order chi connectivity index (χ0) is 22.2. The third-order valence-electron chi connectivity index (χ3n) is 5.61. The zero-order valence-corrected chi connectivity index (χ0v) is 19.9. The number of aromatic nitrogens is 1. The molecule has 9 heteroatoms. The Morgan fingerprint density at radius 3 is 2.39 bits per heavy atom. The third-order valence-corrected chi connectivity index (χ3v) is 8.93. The average molecular weight is 478 g/mol. The van der Waals surface area contributed by atoms with Crippen molar-refractivity contribution in [3.63, 3.8) is 0 Å². The van der Waals surface area contributed by atoms with Gasteiger partial charge in [0, 0.05) is 26.2 Å². The van der Waals surface area contributed by atoms with Crippen molar-refractivity contribution in [1.29, 1.82) is 0 Å². The predicted molar refractivity (Wildman–Crippen MR) is 126 cm³/mol. The molecule has 0 radical (unpaired) electrons. The summed E-state index contributed by atoms with van der Waals surface area (Å²) in [6, 6.07) is 10.5. The van der Waals surface area contributed by atoms with E-state index in [9.17, 15) is 13.2 Å². The number of carbonyl (C=O) groups excluding carboxylic acids is 1. The van der Waals surface area contributed by atoms with Gasteiger partial charge in [0.25, 0.3) is 0 Å². The van der Waals surface area contributed by atoms with Gasteiger partial charge in [0.05, 0.1) is 32.3 Å². The Kier molecular flexibility index (Phi) is 6.23. The molecule has 164 valence electrons. The summed E-state index contributed by atoms with van der Waals surface area (Å²) in [6.07, 6.45) is 0.266. The number of rotatable bonds is 5. The summed E-state index contributed by atoms with van der Waals surface area (Å²) in [6.45, 7) is 6.35. The first-order chi connectivity index (χ1) is 14.8. The lowest BCUT2D eigenvalue weighted by Gasteiger charge is -2.34. The van der Waals surface area contributed by atoms with Gasteiger partial charge in [-0.05, 0) is 36.2 Å². The molecule has 0 spiro atoms. The van der Waals surface area contributed by atoms with Gasteiger partial charge in [0.15, 0.2) is 15.0 Å². The summed E-state index contributed by atoms with van der Waals surface area (Å²) < 4.78 is 24.9. The van der Waals surface area contributed by atoms with E-state index in [1.807, 2.05) is 24.0 Å². The SMILES string of the molecule is CCS(=O)(=O)c1ccc(CC(=O)N2CCN(c3nc4c(C)ccc(Cl)c4s3)CC2)cc1. The molecule has 0 atom stereocenters. The molecular formula is C22H24ClN3O3S2. The molecule has 4 rings (SSSR count). The summed E-state index contributed by atoms with van der Waals surface area (Å²) in [5.74, 6) is 0.115. The quantitative estimate of drug-likeness (QED) is 0.556. The number of halogens is 1. The number of sulfone groups is 1. The van der Waals surface area contributed by atoms with Gasteiger partial charge in [0.2, 0.25) is 5.91 Å². The van der Waals surface area contributed by atoms with E-state index in [1.54, 1.807) is 42.5 Å². The highest BCUT2D eigenvalue weighted by Gasteiger charge is 2.24. The number of thiazole rings is 1. The maximum Gasteiger partial charge on any atom is 0.227 e. The first-order valence-corrected chi connectivity index (χ1v) is 13.0. The van der Waals surface area contributed by atoms with Crippen LogP contribution in [-0.2, 0) is 21.1 Å². The van der Waals surface area contributed by atoms with Crippen LogP contribution in [0.4, 0.5) is 5.13 Å². The van der Waals surface area contributed by atoms with Crippen molar-refractivity contribution < 1.29 is 13.2 Å². The number of hydrogen-bond donors (Lipinski definition) is 0. The fraction of sp³-hybridized carbons (Fsp3) is 0.364. The maximum absolute atomic E-state index is 12.7. The van der Waals surface area contributed by atoms with Crippen LogP contribution < -0.4 is 4.90 Å². The number of carbonyl (C=O) groups is 1. The second-order valence-electron chi connectivity index (χ2n) is 7.63. The molecular weight excluding hydrogens is 454 g/mol. The van der Waals surface area contributed by atoms with E-state index >= 15 is 0 Å². The molecule has 1 fully saturated rings. The molecule has 2 aromatic carbocycles. The van der Waals surface area contributed by atoms with Crippen LogP contribution in [0.1, 0.15) is 18.1 Å². The Hall–Kier alpha value is -2.16. The van der Waals surface area contributed by atoms with Crippen molar-refractivity contribution in [2.45, 2.75) is 25.2 Å². The Bertz CT molecular complexity index is 1180. The van der Waals surface area contributed by atoms with Gasteiger partial charge >= 0.3 is 0 Å². The molecule has 3 aromatic rings. The number of hydrogen-bond acceptors (Lipinski definition) is 6. The summed E-state index contributed by atoms with van der Waals surface area (Å²) in [5, 5.41) is 1.65. The van der Waals surface area contributed by atoms with Gasteiger partial charge in [-0.15, -0.1) is 0 Å². The van der Waals surface area contributed by atoms with Crippen LogP contribution in [0, 0.1) is 6.92 Å². The molecule has 0 saturated carbocycles. The van der Waals surface area contributed by atoms with Gasteiger partial charge < -0.3 is 9.80 Å². The lowest BCUT2D eigenvalue weighted by molar-refractivity contribution is -0.130. The van der Waals surface area contributed by atoms with Crippen LogP contribution in [0.3, 0.4) is 0 Å². The number of piperazine rings is 1. The second-order valence-corrected chi connectivity index (χ2v) is 11.3. The van der Waals surface area contributed by atoms with Crippen LogP contribution in [0.15, 0.2) is 41.3 Å². The Labute approximate surface area is 191 Å². The van der Waals surface area contributed by atoms with E-state index in [1.165, 1.54) is 0 Å². The topological polar surface area (TPSA) is 70.6 Å². The average Bonchev–Trinajstić information content (AvgIpc) is 3.24. The molecule has 0 aliphatic carbocycles. The minimum atomic E-state index is -3.23. The number of anilines is 1. The predicted octanol–water partition coefficient (Wildman–Crippen LogP) is 3.94. The first-order valence-electron chi connectivity index (χ1n) is 10.2. The summed E-state index contributed by atoms with van der Waals surface area (Å²) >= 11 is 7.92. The zero-order valence-electron chi connectivity index (χ0n) is 17.5. The number of benzene rings is 2. The molecule has 1 saturated heterocycles. The molecule has 31 heavy (non-hydrogen) atoms. The van der Waals surface area contributed by atoms with Crippen LogP contribution in [0.5, 0.6) is 0 Å². The van der Waals surface area contributed by atoms with Crippen molar-refractivity contribution in [2.75, 3.05) is 36.8 Å². The summed E-state index contributed by atoms with van der Waals surface area (Å²) in [4.78, 5) is 21.9. The number of nitrogens with zero attached hydrogens (tertiary/aromatic N) is 3. The molecule has 1 aromatic heterocycles. The molecule has 1 aliphatic heterocycles. The van der Waals surface area contributed by atoms with Crippen molar-refractivity contribution in [2.24, 2.45) is 0 Å². The molecule has 0 bridgehead atoms. The fourth-order valence-electron chi connectivity index (χ4n) is 3.64. The van der Waals surface area contributed by atoms with Crippen molar-refractivity contribution in [3.8, 4) is 0 Å². The van der Waals surface area contributed by atoms with Gasteiger partial charge in [0.1, 0.15) is 0 Å². The van der Waals surface area contributed by atoms with Crippen molar-refractivity contribution in [3.05, 3.63) is 52.5 Å². The van der Waals surface area contributed by atoms with E-state index < -0.39 is 9.84 Å². The Morgan fingerprint density at radius 2 is 1.77 bits per heavy atom. The van der Waals surface area contributed by atoms with Crippen molar-refractivity contribution in [1.82, 2.24) is 9.88 Å².